The molecule has 0 aliphatic carbocycles. The van der Waals surface area contributed by atoms with Crippen molar-refractivity contribution in [3.63, 3.8) is 0 Å². The van der Waals surface area contributed by atoms with Gasteiger partial charge in [0.1, 0.15) is 11.6 Å². The summed E-state index contributed by atoms with van der Waals surface area (Å²) < 4.78 is 37.7. The van der Waals surface area contributed by atoms with E-state index >= 15 is 0 Å². The van der Waals surface area contributed by atoms with Crippen molar-refractivity contribution in [3.8, 4) is 0 Å². The lowest BCUT2D eigenvalue weighted by Gasteiger charge is -2.40. The van der Waals surface area contributed by atoms with E-state index < -0.39 is 27.8 Å². The predicted molar refractivity (Wildman–Crippen MR) is 145 cm³/mol. The Kier molecular flexibility index (Phi) is 8.04. The number of rotatable bonds is 7. The fourth-order valence-electron chi connectivity index (χ4n) is 5.18. The zero-order chi connectivity index (χ0) is 27.6. The SMILES string of the molecule is CC(C)(C)OC(=O)N[C@H](COCc1ccccc1)C(=O)N1CCC2(CC1)CN(S(C)(=O)=O)c1ccccc12. The van der Waals surface area contributed by atoms with Crippen LogP contribution in [0.3, 0.4) is 0 Å². The third kappa shape index (κ3) is 6.47. The van der Waals surface area contributed by atoms with E-state index in [0.717, 1.165) is 11.1 Å². The molecule has 38 heavy (non-hydrogen) atoms. The molecular formula is C28H37N3O6S. The van der Waals surface area contributed by atoms with Crippen LogP contribution in [0, 0.1) is 0 Å². The Morgan fingerprint density at radius 1 is 1.03 bits per heavy atom. The van der Waals surface area contributed by atoms with Crippen molar-refractivity contribution in [1.29, 1.82) is 0 Å². The topological polar surface area (TPSA) is 105 Å². The van der Waals surface area contributed by atoms with E-state index in [9.17, 15) is 18.0 Å². The minimum atomic E-state index is -3.42. The number of ether oxygens (including phenoxy) is 2. The van der Waals surface area contributed by atoms with Crippen molar-refractivity contribution in [1.82, 2.24) is 10.2 Å². The molecule has 0 aromatic heterocycles. The van der Waals surface area contributed by atoms with Crippen LogP contribution >= 0.6 is 0 Å². The van der Waals surface area contributed by atoms with Crippen molar-refractivity contribution in [2.75, 3.05) is 36.8 Å². The molecule has 2 aromatic rings. The Morgan fingerprint density at radius 2 is 1.66 bits per heavy atom. The number of fused-ring (bicyclic) bond motifs is 2. The van der Waals surface area contributed by atoms with Crippen LogP contribution in [0.15, 0.2) is 54.6 Å². The fourth-order valence-corrected chi connectivity index (χ4v) is 6.18. The minimum Gasteiger partial charge on any atom is -0.444 e. The van der Waals surface area contributed by atoms with Crippen LogP contribution in [0.2, 0.25) is 0 Å². The molecule has 2 amide bonds. The molecule has 0 saturated carbocycles. The van der Waals surface area contributed by atoms with Gasteiger partial charge in [-0.25, -0.2) is 13.2 Å². The van der Waals surface area contributed by atoms with Crippen LogP contribution in [0.4, 0.5) is 10.5 Å². The number of benzene rings is 2. The van der Waals surface area contributed by atoms with Crippen molar-refractivity contribution in [2.45, 2.75) is 57.3 Å². The summed E-state index contributed by atoms with van der Waals surface area (Å²) in [6.45, 7) is 6.84. The summed E-state index contributed by atoms with van der Waals surface area (Å²) in [6, 6.07) is 16.3. The second kappa shape index (κ2) is 10.9. The van der Waals surface area contributed by atoms with Crippen molar-refractivity contribution >= 4 is 27.7 Å². The lowest BCUT2D eigenvalue weighted by molar-refractivity contribution is -0.136. The van der Waals surface area contributed by atoms with Gasteiger partial charge in [-0.3, -0.25) is 9.10 Å². The zero-order valence-corrected chi connectivity index (χ0v) is 23.3. The summed E-state index contributed by atoms with van der Waals surface area (Å²) in [5, 5.41) is 2.70. The first-order valence-electron chi connectivity index (χ1n) is 12.9. The highest BCUT2D eigenvalue weighted by Gasteiger charge is 2.47. The molecule has 9 nitrogen and oxygen atoms in total. The number of amides is 2. The van der Waals surface area contributed by atoms with E-state index in [4.69, 9.17) is 9.47 Å². The van der Waals surface area contributed by atoms with Gasteiger partial charge in [0.2, 0.25) is 15.9 Å². The molecule has 1 spiro atoms. The molecule has 1 N–H and O–H groups in total. The Labute approximate surface area is 225 Å². The molecule has 1 saturated heterocycles. The van der Waals surface area contributed by atoms with E-state index in [2.05, 4.69) is 5.32 Å². The number of nitrogens with one attached hydrogen (secondary N) is 1. The average Bonchev–Trinajstić information content (AvgIpc) is 3.18. The van der Waals surface area contributed by atoms with Gasteiger partial charge in [-0.1, -0.05) is 48.5 Å². The van der Waals surface area contributed by atoms with E-state index in [1.54, 1.807) is 25.7 Å². The maximum absolute atomic E-state index is 13.6. The molecule has 2 heterocycles. The van der Waals surface area contributed by atoms with Gasteiger partial charge >= 0.3 is 6.09 Å². The third-order valence-electron chi connectivity index (χ3n) is 7.01. The van der Waals surface area contributed by atoms with Gasteiger partial charge in [0.25, 0.3) is 0 Å². The Morgan fingerprint density at radius 3 is 2.29 bits per heavy atom. The number of anilines is 1. The smallest absolute Gasteiger partial charge is 0.408 e. The standard InChI is InChI=1S/C28H37N3O6S/c1-27(2,3)37-26(33)29-23(19-36-18-21-10-6-5-7-11-21)25(32)30-16-14-28(15-17-30)20-31(38(4,34)35)24-13-9-8-12-22(24)28/h5-13,23H,14-20H2,1-4H3,(H,29,33)/t23-/m1/s1. The molecule has 1 fully saturated rings. The van der Waals surface area contributed by atoms with Crippen LogP contribution in [-0.4, -0.2) is 69.5 Å². The largest absolute Gasteiger partial charge is 0.444 e. The molecule has 2 aliphatic rings. The van der Waals surface area contributed by atoms with Crippen molar-refractivity contribution in [2.24, 2.45) is 0 Å². The van der Waals surface area contributed by atoms with Crippen LogP contribution in [0.5, 0.6) is 0 Å². The van der Waals surface area contributed by atoms with Crippen molar-refractivity contribution in [3.05, 3.63) is 65.7 Å². The van der Waals surface area contributed by atoms with E-state index in [1.807, 2.05) is 54.6 Å². The van der Waals surface area contributed by atoms with Gasteiger partial charge in [-0.2, -0.15) is 0 Å². The van der Waals surface area contributed by atoms with E-state index in [0.29, 0.717) is 44.8 Å². The van der Waals surface area contributed by atoms with Crippen LogP contribution < -0.4 is 9.62 Å². The first-order chi connectivity index (χ1) is 17.9. The molecule has 2 aliphatic heterocycles. The zero-order valence-electron chi connectivity index (χ0n) is 22.5. The Bertz CT molecular complexity index is 1250. The van der Waals surface area contributed by atoms with Crippen molar-refractivity contribution < 1.29 is 27.5 Å². The van der Waals surface area contributed by atoms with Gasteiger partial charge in [-0.15, -0.1) is 0 Å². The number of carbonyl (C=O) groups is 2. The van der Waals surface area contributed by atoms with Crippen LogP contribution in [0.1, 0.15) is 44.7 Å². The molecule has 206 valence electrons. The van der Waals surface area contributed by atoms with E-state index in [-0.39, 0.29) is 17.9 Å². The summed E-state index contributed by atoms with van der Waals surface area (Å²) in [6.07, 6.45) is 1.78. The lowest BCUT2D eigenvalue weighted by Crippen LogP contribution is -2.55. The summed E-state index contributed by atoms with van der Waals surface area (Å²) >= 11 is 0. The predicted octanol–water partition coefficient (Wildman–Crippen LogP) is 3.44. The summed E-state index contributed by atoms with van der Waals surface area (Å²) in [5.74, 6) is -0.245. The quantitative estimate of drug-likeness (QED) is 0.574. The highest BCUT2D eigenvalue weighted by Crippen LogP contribution is 2.47. The number of likely N-dealkylation sites (tertiary alicyclic amines) is 1. The average molecular weight is 544 g/mol. The summed E-state index contributed by atoms with van der Waals surface area (Å²) in [7, 11) is -3.42. The summed E-state index contributed by atoms with van der Waals surface area (Å²) in [4.78, 5) is 27.8. The van der Waals surface area contributed by atoms with Gasteiger partial charge in [0.05, 0.1) is 25.2 Å². The van der Waals surface area contributed by atoms with Gasteiger partial charge in [0.15, 0.2) is 0 Å². The molecule has 4 rings (SSSR count). The molecular weight excluding hydrogens is 506 g/mol. The summed E-state index contributed by atoms with van der Waals surface area (Å²) in [5.41, 5.74) is 1.63. The minimum absolute atomic E-state index is 0.000692. The Hall–Kier alpha value is -3.11. The molecule has 0 unspecified atom stereocenters. The number of para-hydroxylation sites is 1. The maximum atomic E-state index is 13.6. The monoisotopic (exact) mass is 543 g/mol. The normalized spacial score (nSPS) is 17.7. The van der Waals surface area contributed by atoms with Crippen LogP contribution in [0.25, 0.3) is 0 Å². The number of nitrogens with zero attached hydrogens (tertiary/aromatic N) is 2. The number of sulfonamides is 1. The van der Waals surface area contributed by atoms with Gasteiger partial charge in [-0.05, 0) is 50.8 Å². The number of hydrogen-bond acceptors (Lipinski definition) is 6. The highest BCUT2D eigenvalue weighted by molar-refractivity contribution is 7.92. The molecule has 0 bridgehead atoms. The molecule has 0 radical (unpaired) electrons. The second-order valence-corrected chi connectivity index (χ2v) is 13.0. The first kappa shape index (κ1) is 27.9. The number of hydrogen-bond donors (Lipinski definition) is 1. The Balaban J connectivity index is 1.45. The second-order valence-electron chi connectivity index (χ2n) is 11.1. The highest BCUT2D eigenvalue weighted by atomic mass is 32.2. The lowest BCUT2D eigenvalue weighted by atomic mass is 9.74. The number of piperidine rings is 1. The number of carbonyl (C=O) groups excluding carboxylic acids is 2. The number of alkyl carbamates (subject to hydrolysis) is 1. The van der Waals surface area contributed by atoms with E-state index in [1.165, 1.54) is 10.6 Å². The van der Waals surface area contributed by atoms with Crippen LogP contribution in [-0.2, 0) is 36.3 Å². The first-order valence-corrected chi connectivity index (χ1v) is 14.7. The third-order valence-corrected chi connectivity index (χ3v) is 8.13. The van der Waals surface area contributed by atoms with Gasteiger partial charge in [0, 0.05) is 25.0 Å². The van der Waals surface area contributed by atoms with Gasteiger partial charge < -0.3 is 19.7 Å². The maximum Gasteiger partial charge on any atom is 0.408 e. The molecule has 1 atom stereocenters. The molecule has 10 heteroatoms. The molecule has 2 aromatic carbocycles. The fraction of sp³-hybridized carbons (Fsp3) is 0.500.